The van der Waals surface area contributed by atoms with Crippen LogP contribution in [0, 0.1) is 0 Å². The molecule has 0 bridgehead atoms. The van der Waals surface area contributed by atoms with Crippen LogP contribution >= 0.6 is 0 Å². The molecule has 0 unspecified atom stereocenters. The van der Waals surface area contributed by atoms with Crippen LogP contribution in [-0.4, -0.2) is 10.2 Å². The van der Waals surface area contributed by atoms with E-state index in [0.717, 1.165) is 16.5 Å². The lowest BCUT2D eigenvalue weighted by Crippen LogP contribution is -1.89. The van der Waals surface area contributed by atoms with Crippen LogP contribution < -0.4 is 5.73 Å². The van der Waals surface area contributed by atoms with Crippen molar-refractivity contribution in [3.8, 4) is 11.1 Å². The van der Waals surface area contributed by atoms with E-state index in [1.165, 1.54) is 11.1 Å². The van der Waals surface area contributed by atoms with Gasteiger partial charge in [-0.1, -0.05) is 50.2 Å². The van der Waals surface area contributed by atoms with E-state index in [-0.39, 0.29) is 0 Å². The van der Waals surface area contributed by atoms with Crippen molar-refractivity contribution in [3.05, 3.63) is 48.0 Å². The van der Waals surface area contributed by atoms with E-state index in [1.807, 2.05) is 12.1 Å². The van der Waals surface area contributed by atoms with Crippen molar-refractivity contribution in [1.29, 1.82) is 0 Å². The number of aromatic amines is 1. The first-order chi connectivity index (χ1) is 9.16. The zero-order valence-corrected chi connectivity index (χ0v) is 11.1. The molecule has 3 heteroatoms. The molecule has 0 aliphatic carbocycles. The first-order valence-electron chi connectivity index (χ1n) is 6.49. The van der Waals surface area contributed by atoms with Gasteiger partial charge < -0.3 is 5.73 Å². The minimum Gasteiger partial charge on any atom is -0.382 e. The Morgan fingerprint density at radius 3 is 2.47 bits per heavy atom. The number of nitrogens with two attached hydrogens (primary N) is 1. The van der Waals surface area contributed by atoms with Gasteiger partial charge in [0.15, 0.2) is 5.82 Å². The van der Waals surface area contributed by atoms with Crippen molar-refractivity contribution in [2.45, 2.75) is 19.8 Å². The molecule has 0 radical (unpaired) electrons. The number of nitrogens with one attached hydrogen (secondary N) is 1. The molecule has 3 aromatic rings. The molecule has 1 heterocycles. The smallest absolute Gasteiger partial charge is 0.153 e. The molecule has 0 atom stereocenters. The highest BCUT2D eigenvalue weighted by Gasteiger charge is 2.09. The second kappa shape index (κ2) is 4.43. The number of benzene rings is 2. The van der Waals surface area contributed by atoms with Gasteiger partial charge in [0, 0.05) is 0 Å². The Hall–Kier alpha value is -2.29. The van der Waals surface area contributed by atoms with Gasteiger partial charge in [0.2, 0.25) is 0 Å². The number of rotatable bonds is 2. The SMILES string of the molecule is CC(C)c1ccc(-c2cccc3[nH]nc(N)c23)cc1. The molecule has 0 fully saturated rings. The molecular weight excluding hydrogens is 234 g/mol. The summed E-state index contributed by atoms with van der Waals surface area (Å²) in [6.45, 7) is 4.40. The van der Waals surface area contributed by atoms with Gasteiger partial charge in [-0.3, -0.25) is 5.10 Å². The number of hydrogen-bond donors (Lipinski definition) is 2. The molecule has 0 saturated heterocycles. The van der Waals surface area contributed by atoms with Crippen molar-refractivity contribution in [2.24, 2.45) is 0 Å². The molecule has 2 aromatic carbocycles. The lowest BCUT2D eigenvalue weighted by molar-refractivity contribution is 0.867. The summed E-state index contributed by atoms with van der Waals surface area (Å²) in [6.07, 6.45) is 0. The summed E-state index contributed by atoms with van der Waals surface area (Å²) < 4.78 is 0. The predicted molar refractivity (Wildman–Crippen MR) is 80.0 cm³/mol. The topological polar surface area (TPSA) is 54.7 Å². The van der Waals surface area contributed by atoms with E-state index in [1.54, 1.807) is 0 Å². The molecule has 3 nitrogen and oxygen atoms in total. The zero-order valence-electron chi connectivity index (χ0n) is 11.1. The molecule has 3 rings (SSSR count). The van der Waals surface area contributed by atoms with Crippen molar-refractivity contribution in [3.63, 3.8) is 0 Å². The van der Waals surface area contributed by atoms with Crippen molar-refractivity contribution < 1.29 is 0 Å². The van der Waals surface area contributed by atoms with Crippen LogP contribution in [-0.2, 0) is 0 Å². The maximum Gasteiger partial charge on any atom is 0.153 e. The van der Waals surface area contributed by atoms with Crippen LogP contribution in [0.4, 0.5) is 5.82 Å². The Balaban J connectivity index is 2.16. The highest BCUT2D eigenvalue weighted by molar-refractivity contribution is 6.01. The Kier molecular flexibility index (Phi) is 2.75. The third-order valence-electron chi connectivity index (χ3n) is 3.51. The summed E-state index contributed by atoms with van der Waals surface area (Å²) in [4.78, 5) is 0. The molecule has 1 aromatic heterocycles. The highest BCUT2D eigenvalue weighted by Crippen LogP contribution is 2.31. The van der Waals surface area contributed by atoms with E-state index in [2.05, 4.69) is 54.4 Å². The molecule has 96 valence electrons. The Morgan fingerprint density at radius 2 is 1.79 bits per heavy atom. The van der Waals surface area contributed by atoms with Gasteiger partial charge in [-0.2, -0.15) is 5.10 Å². The van der Waals surface area contributed by atoms with Crippen molar-refractivity contribution in [2.75, 3.05) is 5.73 Å². The zero-order chi connectivity index (χ0) is 13.4. The molecule has 0 saturated carbocycles. The van der Waals surface area contributed by atoms with Crippen LogP contribution in [0.3, 0.4) is 0 Å². The second-order valence-electron chi connectivity index (χ2n) is 5.11. The number of fused-ring (bicyclic) bond motifs is 1. The van der Waals surface area contributed by atoms with Gasteiger partial charge in [-0.15, -0.1) is 0 Å². The fraction of sp³-hybridized carbons (Fsp3) is 0.188. The van der Waals surface area contributed by atoms with Gasteiger partial charge in [-0.25, -0.2) is 0 Å². The molecular formula is C16H17N3. The predicted octanol–water partition coefficient (Wildman–Crippen LogP) is 3.94. The number of nitrogen functional groups attached to an aromatic ring is 1. The highest BCUT2D eigenvalue weighted by atomic mass is 15.1. The summed E-state index contributed by atoms with van der Waals surface area (Å²) in [7, 11) is 0. The Morgan fingerprint density at radius 1 is 1.05 bits per heavy atom. The van der Waals surface area contributed by atoms with E-state index < -0.39 is 0 Å². The lowest BCUT2D eigenvalue weighted by atomic mass is 9.97. The minimum absolute atomic E-state index is 0.545. The average molecular weight is 251 g/mol. The normalized spacial score (nSPS) is 11.3. The summed E-state index contributed by atoms with van der Waals surface area (Å²) in [5.74, 6) is 1.10. The molecule has 0 spiro atoms. The first kappa shape index (κ1) is 11.8. The summed E-state index contributed by atoms with van der Waals surface area (Å²) in [5.41, 5.74) is 10.6. The monoisotopic (exact) mass is 251 g/mol. The van der Waals surface area contributed by atoms with Gasteiger partial charge in [0.1, 0.15) is 0 Å². The van der Waals surface area contributed by atoms with E-state index in [0.29, 0.717) is 11.7 Å². The van der Waals surface area contributed by atoms with Crippen LogP contribution in [0.5, 0.6) is 0 Å². The summed E-state index contributed by atoms with van der Waals surface area (Å²) in [5, 5.41) is 8.03. The quantitative estimate of drug-likeness (QED) is 0.725. The van der Waals surface area contributed by atoms with Crippen LogP contribution in [0.25, 0.3) is 22.0 Å². The number of anilines is 1. The van der Waals surface area contributed by atoms with Crippen LogP contribution in [0.15, 0.2) is 42.5 Å². The van der Waals surface area contributed by atoms with Crippen LogP contribution in [0.2, 0.25) is 0 Å². The van der Waals surface area contributed by atoms with E-state index in [9.17, 15) is 0 Å². The average Bonchev–Trinajstić information content (AvgIpc) is 2.81. The molecule has 0 aliphatic rings. The third kappa shape index (κ3) is 1.97. The number of aromatic nitrogens is 2. The van der Waals surface area contributed by atoms with Gasteiger partial charge in [0.05, 0.1) is 10.9 Å². The fourth-order valence-corrected chi connectivity index (χ4v) is 2.39. The third-order valence-corrected chi connectivity index (χ3v) is 3.51. The van der Waals surface area contributed by atoms with Crippen molar-refractivity contribution in [1.82, 2.24) is 10.2 Å². The summed E-state index contributed by atoms with van der Waals surface area (Å²) >= 11 is 0. The standard InChI is InChI=1S/C16H17N3/c1-10(2)11-6-8-12(9-7-11)13-4-3-5-14-15(13)16(17)19-18-14/h3-10H,1-2H3,(H3,17,18,19). The Labute approximate surface area is 112 Å². The number of nitrogens with zero attached hydrogens (tertiary/aromatic N) is 1. The minimum atomic E-state index is 0.545. The maximum absolute atomic E-state index is 5.95. The molecule has 0 aliphatic heterocycles. The maximum atomic E-state index is 5.95. The second-order valence-corrected chi connectivity index (χ2v) is 5.11. The van der Waals surface area contributed by atoms with E-state index >= 15 is 0 Å². The molecule has 19 heavy (non-hydrogen) atoms. The molecule has 3 N–H and O–H groups in total. The Bertz CT molecular complexity index is 708. The van der Waals surface area contributed by atoms with Gasteiger partial charge in [-0.05, 0) is 28.7 Å². The largest absolute Gasteiger partial charge is 0.382 e. The fourth-order valence-electron chi connectivity index (χ4n) is 2.39. The van der Waals surface area contributed by atoms with E-state index in [4.69, 9.17) is 5.73 Å². The van der Waals surface area contributed by atoms with Gasteiger partial charge in [0.25, 0.3) is 0 Å². The summed E-state index contributed by atoms with van der Waals surface area (Å²) in [6, 6.07) is 14.7. The van der Waals surface area contributed by atoms with Gasteiger partial charge >= 0.3 is 0 Å². The number of hydrogen-bond acceptors (Lipinski definition) is 2. The van der Waals surface area contributed by atoms with Crippen molar-refractivity contribution >= 4 is 16.7 Å². The van der Waals surface area contributed by atoms with Crippen LogP contribution in [0.1, 0.15) is 25.3 Å². The first-order valence-corrected chi connectivity index (χ1v) is 6.49. The lowest BCUT2D eigenvalue weighted by Gasteiger charge is -2.08. The molecule has 0 amide bonds. The number of H-pyrrole nitrogens is 1.